The highest BCUT2D eigenvalue weighted by atomic mass is 16.3. The summed E-state index contributed by atoms with van der Waals surface area (Å²) in [5.41, 5.74) is -5.15. The summed E-state index contributed by atoms with van der Waals surface area (Å²) >= 11 is 0. The van der Waals surface area contributed by atoms with Crippen molar-refractivity contribution < 1.29 is 38.7 Å². The minimum Gasteiger partial charge on any atom is -0.456 e. The van der Waals surface area contributed by atoms with E-state index >= 15 is 0 Å². The number of para-hydroxylation sites is 1. The van der Waals surface area contributed by atoms with Crippen molar-refractivity contribution in [1.82, 2.24) is 0 Å². The van der Waals surface area contributed by atoms with Gasteiger partial charge in [0.25, 0.3) is 0 Å². The van der Waals surface area contributed by atoms with Crippen LogP contribution in [0, 0.1) is 0 Å². The lowest BCUT2D eigenvalue weighted by Gasteiger charge is -2.19. The number of hydrogen-bond donors (Lipinski definition) is 0. The summed E-state index contributed by atoms with van der Waals surface area (Å²) < 4.78 is 229. The maximum absolute atomic E-state index is 9.50. The maximum atomic E-state index is 9.50. The molecule has 0 saturated heterocycles. The maximum Gasteiger partial charge on any atom is 0.135 e. The van der Waals surface area contributed by atoms with E-state index in [-0.39, 0.29) is 10.8 Å². The molecule has 0 fully saturated rings. The van der Waals surface area contributed by atoms with E-state index in [1.165, 1.54) is 0 Å². The molecule has 8 aromatic carbocycles. The van der Waals surface area contributed by atoms with Gasteiger partial charge in [0.1, 0.15) is 11.2 Å². The lowest BCUT2D eigenvalue weighted by atomic mass is 9.84. The zero-order chi connectivity index (χ0) is 50.1. The van der Waals surface area contributed by atoms with E-state index in [0.29, 0.717) is 0 Å². The number of benzene rings is 8. The highest BCUT2D eigenvalue weighted by Crippen LogP contribution is 2.45. The van der Waals surface area contributed by atoms with Gasteiger partial charge in [0.2, 0.25) is 0 Å². The van der Waals surface area contributed by atoms with Crippen LogP contribution in [0.2, 0.25) is 0 Å². The second kappa shape index (κ2) is 9.44. The number of rotatable bonds is 3. The Morgan fingerprint density at radius 1 is 0.372 bits per heavy atom. The van der Waals surface area contributed by atoms with Crippen LogP contribution in [0.4, 0.5) is 0 Å². The largest absolute Gasteiger partial charge is 0.456 e. The summed E-state index contributed by atoms with van der Waals surface area (Å²) in [5, 5.41) is -4.23. The molecule has 1 heteroatoms. The lowest BCUT2D eigenvalue weighted by molar-refractivity contribution is 0.669. The predicted molar refractivity (Wildman–Crippen MR) is 183 cm³/mol. The molecule has 9 aromatic rings. The van der Waals surface area contributed by atoms with Crippen LogP contribution in [-0.2, 0) is 0 Å². The van der Waals surface area contributed by atoms with Gasteiger partial charge in [-0.05, 0) is 83.8 Å². The smallest absolute Gasteiger partial charge is 0.135 e. The topological polar surface area (TPSA) is 13.1 Å². The zero-order valence-electron chi connectivity index (χ0n) is 46.5. The van der Waals surface area contributed by atoms with E-state index in [2.05, 4.69) is 0 Å². The van der Waals surface area contributed by atoms with Gasteiger partial charge in [0.15, 0.2) is 0 Å². The number of furan rings is 1. The summed E-state index contributed by atoms with van der Waals surface area (Å²) in [4.78, 5) is 0. The van der Waals surface area contributed by atoms with Gasteiger partial charge in [-0.25, -0.2) is 0 Å². The van der Waals surface area contributed by atoms with Crippen LogP contribution in [0.15, 0.2) is 162 Å². The van der Waals surface area contributed by atoms with Crippen molar-refractivity contribution in [1.29, 1.82) is 0 Å². The highest BCUT2D eigenvalue weighted by Gasteiger charge is 2.18. The summed E-state index contributed by atoms with van der Waals surface area (Å²) in [6.45, 7) is 0. The Bertz CT molecular complexity index is 3800. The Morgan fingerprint density at radius 3 is 1.67 bits per heavy atom. The molecule has 200 valence electrons. The van der Waals surface area contributed by atoms with Crippen molar-refractivity contribution in [3.8, 4) is 33.4 Å². The molecule has 0 aliphatic heterocycles. The van der Waals surface area contributed by atoms with Gasteiger partial charge >= 0.3 is 0 Å². The van der Waals surface area contributed by atoms with Crippen LogP contribution in [0.25, 0.3) is 87.6 Å². The van der Waals surface area contributed by atoms with Crippen LogP contribution in [0.5, 0.6) is 0 Å². The molecule has 0 amide bonds. The fraction of sp³-hybridized carbons (Fsp3) is 0. The van der Waals surface area contributed by atoms with Crippen molar-refractivity contribution in [2.75, 3.05) is 0 Å². The molecular formula is C42H26O. The highest BCUT2D eigenvalue weighted by molar-refractivity contribution is 6.23. The van der Waals surface area contributed by atoms with Crippen molar-refractivity contribution in [2.24, 2.45) is 0 Å². The third-order valence-electron chi connectivity index (χ3n) is 7.02. The quantitative estimate of drug-likeness (QED) is 0.192. The molecule has 0 N–H and O–H groups in total. The SMILES string of the molecule is [2H]c1cc2c([2H])c([2H])c([2H])c(-c3c4c([2H])c([2H])c([2H])c([2H])c4c(-c4c([2H])c([2H])c(-c5c([2H])c([2H])c6oc7c([2H])c([2H])c([2H])c([2H])c7c6c5[2H])c([2H])c4[2H])c4c([2H])c([2H])c([2H])c([2H])c34)c2c([2H])c1[2H]. The first-order valence-corrected chi connectivity index (χ1v) is 12.7. The minimum absolute atomic E-state index is 0.324. The molecule has 0 atom stereocenters. The molecule has 1 nitrogen and oxygen atoms in total. The predicted octanol–water partition coefficient (Wildman–Crippen LogP) is 12.0. The van der Waals surface area contributed by atoms with Gasteiger partial charge in [-0.15, -0.1) is 0 Å². The molecule has 43 heavy (non-hydrogen) atoms. The van der Waals surface area contributed by atoms with Crippen molar-refractivity contribution in [2.45, 2.75) is 0 Å². The minimum atomic E-state index is -1.05. The summed E-state index contributed by atoms with van der Waals surface area (Å²) in [6, 6.07) is -20.3. The Balaban J connectivity index is 1.54. The normalized spacial score (nSPS) is 19.9. The van der Waals surface area contributed by atoms with Crippen LogP contribution < -0.4 is 0 Å². The molecule has 0 bridgehead atoms. The average molecular weight is 572 g/mol. The molecule has 0 radical (unpaired) electrons. The van der Waals surface area contributed by atoms with Crippen molar-refractivity contribution >= 4 is 54.3 Å². The molecule has 0 saturated carbocycles. The molecule has 0 unspecified atom stereocenters. The Hall–Kier alpha value is -5.66. The molecule has 9 rings (SSSR count). The van der Waals surface area contributed by atoms with Crippen molar-refractivity contribution in [3.63, 3.8) is 0 Å². The second-order valence-electron chi connectivity index (χ2n) is 9.34. The Morgan fingerprint density at radius 2 is 0.930 bits per heavy atom. The van der Waals surface area contributed by atoms with Gasteiger partial charge in [0.05, 0.1) is 34.3 Å². The number of hydrogen-bond acceptors (Lipinski definition) is 1. The lowest BCUT2D eigenvalue weighted by Crippen LogP contribution is -1.91. The van der Waals surface area contributed by atoms with E-state index < -0.39 is 228 Å². The third kappa shape index (κ3) is 3.72. The molecule has 1 heterocycles. The van der Waals surface area contributed by atoms with Gasteiger partial charge in [0, 0.05) is 10.8 Å². The first-order valence-electron chi connectivity index (χ1n) is 25.2. The van der Waals surface area contributed by atoms with Gasteiger partial charge in [-0.1, -0.05) is 139 Å². The third-order valence-corrected chi connectivity index (χ3v) is 7.02. The van der Waals surface area contributed by atoms with Gasteiger partial charge < -0.3 is 4.42 Å². The standard InChI is InChI=1S/C42H26O/c1-2-12-31-28(10-1)11-9-18-33(31)42-36-16-5-3-14-34(36)41(35-15-4-6-17-37(35)42)29-22-20-27(21-23-29)30-24-25-40-38(26-30)32-13-7-8-19-39(32)43-40/h1-26H/i1D,2D,3D,4D,5D,6D,7D,8D,9D,11D,12D,13D,14D,15D,16D,17D,18D,19D,20D,21D,22D,23D,24D,25D,26D. The fourth-order valence-corrected chi connectivity index (χ4v) is 5.17. The summed E-state index contributed by atoms with van der Waals surface area (Å²) in [7, 11) is 0. The van der Waals surface area contributed by atoms with Gasteiger partial charge in [-0.2, -0.15) is 0 Å². The second-order valence-corrected chi connectivity index (χ2v) is 9.34. The summed E-state index contributed by atoms with van der Waals surface area (Å²) in [6.07, 6.45) is 0. The molecule has 0 aliphatic carbocycles. The Labute approximate surface area is 284 Å². The van der Waals surface area contributed by atoms with E-state index in [9.17, 15) is 13.7 Å². The fourth-order valence-electron chi connectivity index (χ4n) is 5.17. The molecular weight excluding hydrogens is 520 g/mol. The van der Waals surface area contributed by atoms with Crippen LogP contribution in [0.3, 0.4) is 0 Å². The summed E-state index contributed by atoms with van der Waals surface area (Å²) in [5.74, 6) is 0. The first-order chi connectivity index (χ1) is 31.7. The molecule has 0 aliphatic rings. The van der Waals surface area contributed by atoms with E-state index in [1.54, 1.807) is 0 Å². The van der Waals surface area contributed by atoms with Gasteiger partial charge in [-0.3, -0.25) is 0 Å². The van der Waals surface area contributed by atoms with Crippen LogP contribution in [0.1, 0.15) is 34.3 Å². The monoisotopic (exact) mass is 571 g/mol. The molecule has 0 spiro atoms. The zero-order valence-corrected chi connectivity index (χ0v) is 21.5. The first kappa shape index (κ1) is 9.97. The Kier molecular flexibility index (Phi) is 2.19. The van der Waals surface area contributed by atoms with Crippen LogP contribution >= 0.6 is 0 Å². The van der Waals surface area contributed by atoms with E-state index in [0.717, 1.165) is 6.07 Å². The average Bonchev–Trinajstić information content (AvgIpc) is 3.72. The van der Waals surface area contributed by atoms with E-state index in [1.807, 2.05) is 0 Å². The molecule has 1 aromatic heterocycles. The van der Waals surface area contributed by atoms with Crippen molar-refractivity contribution in [3.05, 3.63) is 157 Å². The van der Waals surface area contributed by atoms with E-state index in [4.69, 9.17) is 25.0 Å². The van der Waals surface area contributed by atoms with Crippen LogP contribution in [-0.4, -0.2) is 0 Å². The number of fused-ring (bicyclic) bond motifs is 6.